The number of hydrogen-bond acceptors (Lipinski definition) is 6. The van der Waals surface area contributed by atoms with E-state index >= 15 is 0 Å². The molecule has 0 N–H and O–H groups in total. The molecule has 6 nitrogen and oxygen atoms in total. The lowest BCUT2D eigenvalue weighted by Gasteiger charge is -2.23. The molecule has 0 amide bonds. The Bertz CT molecular complexity index is 1650. The zero-order valence-corrected chi connectivity index (χ0v) is 24.9. The molecule has 0 radical (unpaired) electrons. The number of fused-ring (bicyclic) bond motifs is 2. The fourth-order valence-corrected chi connectivity index (χ4v) is 10.4. The monoisotopic (exact) mass is 598 g/mol. The summed E-state index contributed by atoms with van der Waals surface area (Å²) < 4.78 is 10.3. The van der Waals surface area contributed by atoms with Crippen LogP contribution in [-0.2, 0) is 39.5 Å². The van der Waals surface area contributed by atoms with Crippen molar-refractivity contribution in [1.82, 2.24) is 0 Å². The maximum absolute atomic E-state index is 2.58. The highest BCUT2D eigenvalue weighted by molar-refractivity contribution is 7.14. The quantitative estimate of drug-likeness (QED) is 0.267. The number of rotatable bonds is 2. The lowest BCUT2D eigenvalue weighted by atomic mass is 10.2. The molecule has 4 aromatic heterocycles. The first-order valence-electron chi connectivity index (χ1n) is 13.4. The van der Waals surface area contributed by atoms with Crippen molar-refractivity contribution in [1.29, 1.82) is 0 Å². The van der Waals surface area contributed by atoms with Crippen LogP contribution in [0.3, 0.4) is 0 Å². The second-order valence-corrected chi connectivity index (χ2v) is 14.1. The summed E-state index contributed by atoms with van der Waals surface area (Å²) in [5.41, 5.74) is 7.94. The van der Waals surface area contributed by atoms with Crippen molar-refractivity contribution in [2.24, 2.45) is 0 Å². The van der Waals surface area contributed by atoms with Gasteiger partial charge in [0, 0.05) is 11.4 Å². The fourth-order valence-electron chi connectivity index (χ4n) is 6.13. The molecule has 0 saturated heterocycles. The van der Waals surface area contributed by atoms with E-state index in [1.807, 2.05) is 45.3 Å². The van der Waals surface area contributed by atoms with E-state index in [-0.39, 0.29) is 0 Å². The van der Waals surface area contributed by atoms with Gasteiger partial charge in [0.1, 0.15) is 26.2 Å². The summed E-state index contributed by atoms with van der Waals surface area (Å²) in [6, 6.07) is 21.8. The van der Waals surface area contributed by atoms with Crippen LogP contribution in [0.4, 0.5) is 11.4 Å². The second kappa shape index (κ2) is 9.04. The van der Waals surface area contributed by atoms with Crippen LogP contribution in [0.2, 0.25) is 0 Å². The maximum atomic E-state index is 2.58. The zero-order valence-electron chi connectivity index (χ0n) is 21.6. The average Bonchev–Trinajstić information content (AvgIpc) is 3.74. The molecule has 9 rings (SSSR count). The van der Waals surface area contributed by atoms with E-state index in [0.29, 0.717) is 0 Å². The smallest absolute Gasteiger partial charge is 0.347 e. The lowest BCUT2D eigenvalue weighted by Crippen LogP contribution is -2.63. The first kappa shape index (κ1) is 23.3. The van der Waals surface area contributed by atoms with E-state index in [2.05, 4.69) is 110 Å². The minimum atomic E-state index is 0.847. The zero-order chi connectivity index (χ0) is 26.2. The molecule has 7 heterocycles. The van der Waals surface area contributed by atoms with E-state index in [9.17, 15) is 0 Å². The Balaban J connectivity index is 1.29. The minimum Gasteiger partial charge on any atom is -0.350 e. The molecular weight excluding hydrogens is 573 g/mol. The predicted molar refractivity (Wildman–Crippen MR) is 159 cm³/mol. The van der Waals surface area contributed by atoms with E-state index in [4.69, 9.17) is 0 Å². The van der Waals surface area contributed by atoms with Gasteiger partial charge in [-0.25, -0.2) is 0 Å². The molecule has 0 saturated carbocycles. The van der Waals surface area contributed by atoms with Gasteiger partial charge in [-0.3, -0.25) is 0 Å². The van der Waals surface area contributed by atoms with E-state index in [0.717, 1.165) is 39.5 Å². The van der Waals surface area contributed by atoms with Crippen molar-refractivity contribution in [2.75, 3.05) is 9.80 Å². The van der Waals surface area contributed by atoms with Crippen molar-refractivity contribution < 1.29 is 18.3 Å². The molecule has 40 heavy (non-hydrogen) atoms. The van der Waals surface area contributed by atoms with Crippen LogP contribution in [0, 0.1) is 0 Å². The predicted octanol–water partition coefficient (Wildman–Crippen LogP) is 4.78. The van der Waals surface area contributed by atoms with Gasteiger partial charge in [0.05, 0.1) is 21.5 Å². The Kier molecular flexibility index (Phi) is 5.26. The van der Waals surface area contributed by atoms with Gasteiger partial charge in [0.25, 0.3) is 10.0 Å². The van der Waals surface area contributed by atoms with Gasteiger partial charge in [-0.15, -0.1) is 18.3 Å². The second-order valence-electron chi connectivity index (χ2n) is 10.5. The maximum Gasteiger partial charge on any atom is 0.347 e. The van der Waals surface area contributed by atoms with E-state index in [1.54, 1.807) is 0 Å². The van der Waals surface area contributed by atoms with Crippen LogP contribution < -0.4 is 28.1 Å². The minimum absolute atomic E-state index is 0.847. The van der Waals surface area contributed by atoms with Gasteiger partial charge in [0.15, 0.2) is 0 Å². The molecule has 0 fully saturated rings. The molecule has 3 aliphatic heterocycles. The van der Waals surface area contributed by atoms with Gasteiger partial charge in [0.2, 0.25) is 11.4 Å². The number of hydrogen-bond donors (Lipinski definition) is 0. The van der Waals surface area contributed by atoms with Crippen LogP contribution in [0.1, 0.15) is 21.4 Å². The Labute approximate surface area is 248 Å². The molecule has 0 spiro atoms. The number of thiazole rings is 4. The van der Waals surface area contributed by atoms with Crippen LogP contribution in [0.15, 0.2) is 82.2 Å². The number of benzene rings is 2. The van der Waals surface area contributed by atoms with Gasteiger partial charge in [-0.05, 0) is 24.3 Å². The van der Waals surface area contributed by atoms with Crippen molar-refractivity contribution in [2.45, 2.75) is 39.5 Å². The van der Waals surface area contributed by atoms with E-state index in [1.165, 1.54) is 54.2 Å². The Morgan fingerprint density at radius 3 is 1.38 bits per heavy atom. The highest BCUT2D eigenvalue weighted by Gasteiger charge is 2.45. The third-order valence-electron chi connectivity index (χ3n) is 8.20. The molecular formula is C30H26N6S4+4. The van der Waals surface area contributed by atoms with Crippen LogP contribution in [0.5, 0.6) is 0 Å². The SMILES string of the molecule is c1ccc(N2Cc3csc4[n+]3C[n+]3c(csc3C2)-c2scc3[n+]2C[n+]2c-4csc2CN(c2ccccc2)C3)cc1. The summed E-state index contributed by atoms with van der Waals surface area (Å²) in [4.78, 5) is 5.06. The van der Waals surface area contributed by atoms with Gasteiger partial charge in [-0.2, -0.15) is 0 Å². The normalized spacial score (nSPS) is 15.3. The number of nitrogens with zero attached hydrogens (tertiary/aromatic N) is 6. The fraction of sp³-hybridized carbons (Fsp3) is 0.200. The summed E-state index contributed by atoms with van der Waals surface area (Å²) in [6.45, 7) is 5.30. The molecule has 6 aromatic rings. The van der Waals surface area contributed by atoms with Gasteiger partial charge in [-0.1, -0.05) is 81.7 Å². The molecule has 196 valence electrons. The van der Waals surface area contributed by atoms with Gasteiger partial charge < -0.3 is 9.80 Å². The highest BCUT2D eigenvalue weighted by Crippen LogP contribution is 2.32. The van der Waals surface area contributed by atoms with Crippen molar-refractivity contribution in [3.05, 3.63) is 104 Å². The molecule has 3 aliphatic rings. The Morgan fingerprint density at radius 1 is 0.475 bits per heavy atom. The number of aromatic nitrogens is 4. The molecule has 2 aromatic carbocycles. The number of para-hydroxylation sites is 2. The molecule has 10 heteroatoms. The lowest BCUT2D eigenvalue weighted by molar-refractivity contribution is -0.931. The third-order valence-corrected chi connectivity index (χ3v) is 12.2. The van der Waals surface area contributed by atoms with Crippen LogP contribution in [-0.4, -0.2) is 0 Å². The average molecular weight is 599 g/mol. The topological polar surface area (TPSA) is 22.0 Å². The molecule has 4 bridgehead atoms. The Morgan fingerprint density at radius 2 is 0.925 bits per heavy atom. The largest absolute Gasteiger partial charge is 0.350 e. The summed E-state index contributed by atoms with van der Waals surface area (Å²) in [5, 5.41) is 15.0. The highest BCUT2D eigenvalue weighted by atomic mass is 32.1. The van der Waals surface area contributed by atoms with Crippen molar-refractivity contribution >= 4 is 56.7 Å². The first-order chi connectivity index (χ1) is 19.8. The van der Waals surface area contributed by atoms with Crippen LogP contribution >= 0.6 is 45.3 Å². The summed E-state index contributed by atoms with van der Waals surface area (Å²) >= 11 is 7.57. The first-order valence-corrected chi connectivity index (χ1v) is 16.9. The van der Waals surface area contributed by atoms with Crippen molar-refractivity contribution in [3.63, 3.8) is 0 Å². The van der Waals surface area contributed by atoms with E-state index < -0.39 is 0 Å². The summed E-state index contributed by atoms with van der Waals surface area (Å²) in [5.74, 6) is 0. The summed E-state index contributed by atoms with van der Waals surface area (Å²) in [7, 11) is 0. The van der Waals surface area contributed by atoms with Crippen LogP contribution in [0.25, 0.3) is 21.4 Å². The summed E-state index contributed by atoms with van der Waals surface area (Å²) in [6.07, 6.45) is 0. The van der Waals surface area contributed by atoms with Crippen molar-refractivity contribution in [3.8, 4) is 21.4 Å². The Hall–Kier alpha value is -3.44. The third kappa shape index (κ3) is 3.56. The number of anilines is 2. The molecule has 0 unspecified atom stereocenters. The molecule has 0 aliphatic carbocycles. The van der Waals surface area contributed by atoms with Gasteiger partial charge >= 0.3 is 34.7 Å². The molecule has 0 atom stereocenters. The standard InChI is InChI=1S/C30H26N6S4/c1-3-7-21(8-4-1)31-11-23-15-39-29-26-18-38-28-14-32(22-9-5-2-6-10-22)12-24-16-40-30(34(24)20-36(26)28)25-17-37-27(13-31)35(25)19-33(23)29/h1-10,15-18H,11-14,19-20H2/q+4.